The third-order valence-corrected chi connectivity index (χ3v) is 2.59. The molecule has 84 valence electrons. The Morgan fingerprint density at radius 3 is 3.40 bits per heavy atom. The highest BCUT2D eigenvalue weighted by molar-refractivity contribution is 5.39. The second kappa shape index (κ2) is 5.14. The van der Waals surface area contributed by atoms with Crippen molar-refractivity contribution in [3.05, 3.63) is 12.4 Å². The van der Waals surface area contributed by atoms with E-state index in [0.717, 1.165) is 25.3 Å². The number of hydrogen-bond acceptors (Lipinski definition) is 4. The molecule has 0 aliphatic carbocycles. The van der Waals surface area contributed by atoms with Crippen LogP contribution in [0.25, 0.3) is 0 Å². The van der Waals surface area contributed by atoms with Crippen LogP contribution in [0.2, 0.25) is 0 Å². The van der Waals surface area contributed by atoms with Gasteiger partial charge < -0.3 is 15.4 Å². The van der Waals surface area contributed by atoms with Gasteiger partial charge in [-0.2, -0.15) is 5.10 Å². The number of aromatic nitrogens is 2. The standard InChI is InChI=1S/C10H18N4O/c1-15-5-4-14-8-10(7-12-14)13-9-2-3-11-6-9/h7-9,11,13H,2-6H2,1H3. The molecular weight excluding hydrogens is 192 g/mol. The summed E-state index contributed by atoms with van der Waals surface area (Å²) in [5.41, 5.74) is 1.10. The van der Waals surface area contributed by atoms with Crippen LogP contribution in [0.4, 0.5) is 5.69 Å². The van der Waals surface area contributed by atoms with Gasteiger partial charge >= 0.3 is 0 Å². The SMILES string of the molecule is COCCn1cc(NC2CCNC2)cn1. The predicted molar refractivity (Wildman–Crippen MR) is 59.0 cm³/mol. The van der Waals surface area contributed by atoms with Crippen LogP contribution < -0.4 is 10.6 Å². The van der Waals surface area contributed by atoms with E-state index in [9.17, 15) is 0 Å². The Morgan fingerprint density at radius 2 is 2.67 bits per heavy atom. The first-order valence-corrected chi connectivity index (χ1v) is 5.37. The summed E-state index contributed by atoms with van der Waals surface area (Å²) in [6.07, 6.45) is 5.08. The molecule has 1 saturated heterocycles. The zero-order valence-electron chi connectivity index (χ0n) is 9.07. The Hall–Kier alpha value is -1.07. The first kappa shape index (κ1) is 10.4. The van der Waals surface area contributed by atoms with E-state index in [1.807, 2.05) is 17.1 Å². The summed E-state index contributed by atoms with van der Waals surface area (Å²) in [5.74, 6) is 0. The average molecular weight is 210 g/mol. The van der Waals surface area contributed by atoms with Crippen LogP contribution in [0.3, 0.4) is 0 Å². The summed E-state index contributed by atoms with van der Waals surface area (Å²) < 4.78 is 6.89. The predicted octanol–water partition coefficient (Wildman–Crippen LogP) is 0.303. The van der Waals surface area contributed by atoms with Crippen LogP contribution in [0, 0.1) is 0 Å². The normalized spacial score (nSPS) is 20.7. The number of anilines is 1. The van der Waals surface area contributed by atoms with E-state index in [-0.39, 0.29) is 0 Å². The quantitative estimate of drug-likeness (QED) is 0.734. The molecule has 1 atom stereocenters. The van der Waals surface area contributed by atoms with Gasteiger partial charge in [-0.3, -0.25) is 4.68 Å². The van der Waals surface area contributed by atoms with Crippen molar-refractivity contribution in [2.24, 2.45) is 0 Å². The van der Waals surface area contributed by atoms with E-state index in [1.165, 1.54) is 6.42 Å². The van der Waals surface area contributed by atoms with Gasteiger partial charge in [-0.1, -0.05) is 0 Å². The van der Waals surface area contributed by atoms with Crippen molar-refractivity contribution in [1.82, 2.24) is 15.1 Å². The Bertz CT molecular complexity index is 293. The molecule has 1 aliphatic heterocycles. The molecule has 0 aromatic carbocycles. The summed E-state index contributed by atoms with van der Waals surface area (Å²) in [7, 11) is 1.70. The van der Waals surface area contributed by atoms with E-state index in [2.05, 4.69) is 15.7 Å². The van der Waals surface area contributed by atoms with Crippen molar-refractivity contribution in [2.45, 2.75) is 19.0 Å². The van der Waals surface area contributed by atoms with E-state index in [4.69, 9.17) is 4.74 Å². The third kappa shape index (κ3) is 2.94. The maximum atomic E-state index is 5.00. The van der Waals surface area contributed by atoms with Crippen molar-refractivity contribution in [2.75, 3.05) is 32.1 Å². The number of hydrogen-bond donors (Lipinski definition) is 2. The van der Waals surface area contributed by atoms with Gasteiger partial charge in [0.25, 0.3) is 0 Å². The average Bonchev–Trinajstić information content (AvgIpc) is 2.87. The zero-order chi connectivity index (χ0) is 10.5. The van der Waals surface area contributed by atoms with Crippen molar-refractivity contribution < 1.29 is 4.74 Å². The second-order valence-electron chi connectivity index (χ2n) is 3.82. The van der Waals surface area contributed by atoms with Crippen LogP contribution in [-0.2, 0) is 11.3 Å². The molecule has 1 aromatic heterocycles. The maximum absolute atomic E-state index is 5.00. The lowest BCUT2D eigenvalue weighted by Crippen LogP contribution is -2.21. The van der Waals surface area contributed by atoms with E-state index < -0.39 is 0 Å². The summed E-state index contributed by atoms with van der Waals surface area (Å²) in [6, 6.07) is 0.546. The van der Waals surface area contributed by atoms with E-state index >= 15 is 0 Å². The lowest BCUT2D eigenvalue weighted by atomic mass is 10.2. The van der Waals surface area contributed by atoms with Crippen molar-refractivity contribution >= 4 is 5.69 Å². The number of nitrogens with one attached hydrogen (secondary N) is 2. The van der Waals surface area contributed by atoms with Crippen molar-refractivity contribution in [3.63, 3.8) is 0 Å². The van der Waals surface area contributed by atoms with Gasteiger partial charge in [0.05, 0.1) is 25.0 Å². The molecule has 1 aromatic rings. The van der Waals surface area contributed by atoms with Gasteiger partial charge in [0.1, 0.15) is 0 Å². The molecular formula is C10H18N4O. The Balaban J connectivity index is 1.83. The molecule has 2 N–H and O–H groups in total. The monoisotopic (exact) mass is 210 g/mol. The molecule has 5 heteroatoms. The molecule has 2 heterocycles. The topological polar surface area (TPSA) is 51.1 Å². The molecule has 1 unspecified atom stereocenters. The first-order valence-electron chi connectivity index (χ1n) is 5.37. The van der Waals surface area contributed by atoms with Gasteiger partial charge in [-0.05, 0) is 13.0 Å². The third-order valence-electron chi connectivity index (χ3n) is 2.59. The number of ether oxygens (including phenoxy) is 1. The Labute approximate surface area is 89.8 Å². The molecule has 2 rings (SSSR count). The van der Waals surface area contributed by atoms with Crippen LogP contribution in [0.5, 0.6) is 0 Å². The minimum atomic E-state index is 0.546. The minimum absolute atomic E-state index is 0.546. The molecule has 1 fully saturated rings. The molecule has 0 radical (unpaired) electrons. The molecule has 0 saturated carbocycles. The van der Waals surface area contributed by atoms with Crippen LogP contribution in [0.1, 0.15) is 6.42 Å². The Kier molecular flexibility index (Phi) is 3.58. The molecule has 1 aliphatic rings. The van der Waals surface area contributed by atoms with Gasteiger partial charge in [-0.15, -0.1) is 0 Å². The number of rotatable bonds is 5. The summed E-state index contributed by atoms with van der Waals surface area (Å²) in [6.45, 7) is 3.66. The lowest BCUT2D eigenvalue weighted by Gasteiger charge is -2.09. The van der Waals surface area contributed by atoms with Gasteiger partial charge in [0, 0.05) is 25.9 Å². The van der Waals surface area contributed by atoms with Crippen LogP contribution >= 0.6 is 0 Å². The summed E-state index contributed by atoms with van der Waals surface area (Å²) in [5, 5.41) is 11.0. The Morgan fingerprint density at radius 1 is 1.73 bits per heavy atom. The van der Waals surface area contributed by atoms with Gasteiger partial charge in [0.15, 0.2) is 0 Å². The van der Waals surface area contributed by atoms with Gasteiger partial charge in [0.2, 0.25) is 0 Å². The number of nitrogens with zero attached hydrogens (tertiary/aromatic N) is 2. The highest BCUT2D eigenvalue weighted by Gasteiger charge is 2.14. The molecule has 5 nitrogen and oxygen atoms in total. The minimum Gasteiger partial charge on any atom is -0.383 e. The van der Waals surface area contributed by atoms with Crippen LogP contribution in [0.15, 0.2) is 12.4 Å². The zero-order valence-corrected chi connectivity index (χ0v) is 9.07. The van der Waals surface area contributed by atoms with E-state index in [1.54, 1.807) is 7.11 Å². The fourth-order valence-electron chi connectivity index (χ4n) is 1.76. The van der Waals surface area contributed by atoms with Crippen molar-refractivity contribution in [3.8, 4) is 0 Å². The molecule has 0 bridgehead atoms. The van der Waals surface area contributed by atoms with Crippen molar-refractivity contribution in [1.29, 1.82) is 0 Å². The summed E-state index contributed by atoms with van der Waals surface area (Å²) in [4.78, 5) is 0. The highest BCUT2D eigenvalue weighted by atomic mass is 16.5. The molecule has 0 amide bonds. The van der Waals surface area contributed by atoms with E-state index in [0.29, 0.717) is 12.6 Å². The number of methoxy groups -OCH3 is 1. The smallest absolute Gasteiger partial charge is 0.0729 e. The molecule has 0 spiro atoms. The fourth-order valence-corrected chi connectivity index (χ4v) is 1.76. The molecule has 15 heavy (non-hydrogen) atoms. The summed E-state index contributed by atoms with van der Waals surface area (Å²) >= 11 is 0. The van der Waals surface area contributed by atoms with Crippen LogP contribution in [-0.4, -0.2) is 42.6 Å². The fraction of sp³-hybridized carbons (Fsp3) is 0.700. The first-order chi connectivity index (χ1) is 7.38. The second-order valence-corrected chi connectivity index (χ2v) is 3.82. The maximum Gasteiger partial charge on any atom is 0.0729 e. The van der Waals surface area contributed by atoms with Gasteiger partial charge in [-0.25, -0.2) is 0 Å². The highest BCUT2D eigenvalue weighted by Crippen LogP contribution is 2.10. The largest absolute Gasteiger partial charge is 0.383 e. The lowest BCUT2D eigenvalue weighted by molar-refractivity contribution is 0.183.